The normalized spacial score (nSPS) is 11.5. The molecule has 0 unspecified atom stereocenters. The first kappa shape index (κ1) is 18.2. The molecular weight excluding hydrogens is 352 g/mol. The second kappa shape index (κ2) is 7.74. The molecule has 0 aliphatic heterocycles. The fraction of sp³-hybridized carbons (Fsp3) is 0.333. The van der Waals surface area contributed by atoms with Gasteiger partial charge in [0, 0.05) is 11.5 Å². The molecule has 7 nitrogen and oxygen atoms in total. The average Bonchev–Trinajstić information content (AvgIpc) is 3.23. The van der Waals surface area contributed by atoms with Crippen LogP contribution >= 0.6 is 11.8 Å². The average molecular weight is 372 g/mol. The topological polar surface area (TPSA) is 94.1 Å². The van der Waals surface area contributed by atoms with Crippen LogP contribution in [0.2, 0.25) is 0 Å². The Hall–Kier alpha value is -2.61. The molecule has 1 aromatic carbocycles. The van der Waals surface area contributed by atoms with Crippen LogP contribution in [0.15, 0.2) is 50.6 Å². The predicted molar refractivity (Wildman–Crippen MR) is 98.1 cm³/mol. The van der Waals surface area contributed by atoms with E-state index >= 15 is 0 Å². The van der Waals surface area contributed by atoms with Gasteiger partial charge in [0.1, 0.15) is 0 Å². The van der Waals surface area contributed by atoms with Crippen LogP contribution in [-0.4, -0.2) is 27.0 Å². The minimum atomic E-state index is -0.227. The van der Waals surface area contributed by atoms with Crippen molar-refractivity contribution in [2.24, 2.45) is 0 Å². The van der Waals surface area contributed by atoms with E-state index in [4.69, 9.17) is 8.94 Å². The second-order valence-corrected chi connectivity index (χ2v) is 7.71. The standard InChI is InChI=1S/C18H20N4O3S/c1-18(2,3)13-10-15(25-22-13)19-14(23)11-26-17-21-20-16(24-17)9-12-7-5-4-6-8-12/h4-8,10H,9,11H2,1-3H3,(H,19,23). The van der Waals surface area contributed by atoms with E-state index in [9.17, 15) is 4.79 Å². The smallest absolute Gasteiger partial charge is 0.277 e. The Morgan fingerprint density at radius 3 is 2.65 bits per heavy atom. The molecule has 0 saturated carbocycles. The molecule has 3 aromatic rings. The van der Waals surface area contributed by atoms with Crippen molar-refractivity contribution in [3.05, 3.63) is 53.5 Å². The second-order valence-electron chi connectivity index (χ2n) is 6.79. The van der Waals surface area contributed by atoms with Crippen LogP contribution in [0.1, 0.15) is 37.9 Å². The molecule has 2 heterocycles. The summed E-state index contributed by atoms with van der Waals surface area (Å²) in [6.45, 7) is 6.07. The fourth-order valence-corrected chi connectivity index (χ4v) is 2.71. The Balaban J connectivity index is 1.50. The van der Waals surface area contributed by atoms with E-state index in [1.54, 1.807) is 6.07 Å². The van der Waals surface area contributed by atoms with Gasteiger partial charge in [-0.05, 0) is 5.56 Å². The third-order valence-corrected chi connectivity index (χ3v) is 4.33. The molecule has 0 radical (unpaired) electrons. The van der Waals surface area contributed by atoms with Crippen LogP contribution in [0.5, 0.6) is 0 Å². The molecular formula is C18H20N4O3S. The summed E-state index contributed by atoms with van der Waals surface area (Å²) < 4.78 is 10.7. The zero-order chi connectivity index (χ0) is 18.6. The number of carbonyl (C=O) groups excluding carboxylic acids is 1. The van der Waals surface area contributed by atoms with Gasteiger partial charge in [-0.25, -0.2) is 0 Å². The summed E-state index contributed by atoms with van der Waals surface area (Å²) in [5.41, 5.74) is 1.73. The number of hydrogen-bond donors (Lipinski definition) is 1. The van der Waals surface area contributed by atoms with Crippen LogP contribution in [0.3, 0.4) is 0 Å². The van der Waals surface area contributed by atoms with Gasteiger partial charge in [0.2, 0.25) is 17.7 Å². The quantitative estimate of drug-likeness (QED) is 0.660. The Kier molecular flexibility index (Phi) is 5.41. The predicted octanol–water partition coefficient (Wildman–Crippen LogP) is 3.68. The summed E-state index contributed by atoms with van der Waals surface area (Å²) in [6, 6.07) is 11.6. The molecule has 0 atom stereocenters. The first-order valence-corrected chi connectivity index (χ1v) is 9.15. The van der Waals surface area contributed by atoms with Crippen LogP contribution in [-0.2, 0) is 16.6 Å². The van der Waals surface area contributed by atoms with E-state index in [0.717, 1.165) is 11.3 Å². The van der Waals surface area contributed by atoms with E-state index in [1.807, 2.05) is 51.1 Å². The van der Waals surface area contributed by atoms with Crippen molar-refractivity contribution in [1.29, 1.82) is 0 Å². The van der Waals surface area contributed by atoms with Crippen molar-refractivity contribution in [3.63, 3.8) is 0 Å². The highest BCUT2D eigenvalue weighted by molar-refractivity contribution is 7.99. The van der Waals surface area contributed by atoms with Gasteiger partial charge in [0.05, 0.1) is 17.9 Å². The number of hydrogen-bond acceptors (Lipinski definition) is 7. The van der Waals surface area contributed by atoms with Gasteiger partial charge in [-0.2, -0.15) is 0 Å². The zero-order valence-corrected chi connectivity index (χ0v) is 15.7. The van der Waals surface area contributed by atoms with Crippen molar-refractivity contribution in [2.75, 3.05) is 11.1 Å². The van der Waals surface area contributed by atoms with Crippen molar-refractivity contribution in [1.82, 2.24) is 15.4 Å². The van der Waals surface area contributed by atoms with E-state index in [-0.39, 0.29) is 17.1 Å². The number of benzene rings is 1. The van der Waals surface area contributed by atoms with Gasteiger partial charge in [-0.15, -0.1) is 10.2 Å². The molecule has 0 spiro atoms. The Bertz CT molecular complexity index is 868. The van der Waals surface area contributed by atoms with Gasteiger partial charge in [-0.3, -0.25) is 10.1 Å². The summed E-state index contributed by atoms with van der Waals surface area (Å²) in [5.74, 6) is 0.757. The van der Waals surface area contributed by atoms with Crippen LogP contribution in [0.4, 0.5) is 5.88 Å². The number of aromatic nitrogens is 3. The molecule has 0 bridgehead atoms. The lowest BCUT2D eigenvalue weighted by Crippen LogP contribution is -2.14. The first-order chi connectivity index (χ1) is 12.4. The highest BCUT2D eigenvalue weighted by atomic mass is 32.2. The molecule has 0 aliphatic carbocycles. The van der Waals surface area contributed by atoms with Crippen LogP contribution in [0, 0.1) is 0 Å². The molecule has 0 aliphatic rings. The lowest BCUT2D eigenvalue weighted by Gasteiger charge is -2.12. The Morgan fingerprint density at radius 1 is 1.19 bits per heavy atom. The highest BCUT2D eigenvalue weighted by Gasteiger charge is 2.20. The Labute approximate surface area is 155 Å². The van der Waals surface area contributed by atoms with E-state index < -0.39 is 0 Å². The maximum atomic E-state index is 12.0. The number of rotatable bonds is 6. The highest BCUT2D eigenvalue weighted by Crippen LogP contribution is 2.24. The summed E-state index contributed by atoms with van der Waals surface area (Å²) in [7, 11) is 0. The van der Waals surface area contributed by atoms with Gasteiger partial charge in [0.15, 0.2) is 0 Å². The van der Waals surface area contributed by atoms with Gasteiger partial charge >= 0.3 is 0 Å². The van der Waals surface area contributed by atoms with Gasteiger partial charge < -0.3 is 8.94 Å². The summed E-state index contributed by atoms with van der Waals surface area (Å²) in [6.07, 6.45) is 0.564. The number of carbonyl (C=O) groups is 1. The monoisotopic (exact) mass is 372 g/mol. The molecule has 8 heteroatoms. The molecule has 0 fully saturated rings. The lowest BCUT2D eigenvalue weighted by atomic mass is 9.92. The number of thioether (sulfide) groups is 1. The summed E-state index contributed by atoms with van der Waals surface area (Å²) in [4.78, 5) is 12.0. The molecule has 1 amide bonds. The lowest BCUT2D eigenvalue weighted by molar-refractivity contribution is -0.113. The van der Waals surface area contributed by atoms with E-state index in [0.29, 0.717) is 23.4 Å². The number of amides is 1. The third-order valence-electron chi connectivity index (χ3n) is 3.51. The summed E-state index contributed by atoms with van der Waals surface area (Å²) >= 11 is 1.18. The van der Waals surface area contributed by atoms with Crippen LogP contribution < -0.4 is 5.32 Å². The van der Waals surface area contributed by atoms with Crippen molar-refractivity contribution < 1.29 is 13.7 Å². The number of anilines is 1. The fourth-order valence-electron chi connectivity index (χ4n) is 2.13. The van der Waals surface area contributed by atoms with Crippen molar-refractivity contribution in [3.8, 4) is 0 Å². The van der Waals surface area contributed by atoms with E-state index in [2.05, 4.69) is 20.7 Å². The maximum Gasteiger partial charge on any atom is 0.277 e. The Morgan fingerprint density at radius 2 is 1.96 bits per heavy atom. The summed E-state index contributed by atoms with van der Waals surface area (Å²) in [5, 5.41) is 15.0. The largest absolute Gasteiger partial charge is 0.416 e. The van der Waals surface area contributed by atoms with Gasteiger partial charge in [-0.1, -0.05) is 68.0 Å². The molecule has 2 aromatic heterocycles. The van der Waals surface area contributed by atoms with Crippen LogP contribution in [0.25, 0.3) is 0 Å². The number of nitrogens with zero attached hydrogens (tertiary/aromatic N) is 3. The molecule has 0 saturated heterocycles. The molecule has 3 rings (SSSR count). The minimum Gasteiger partial charge on any atom is -0.416 e. The van der Waals surface area contributed by atoms with Gasteiger partial charge in [0.25, 0.3) is 5.22 Å². The molecule has 136 valence electrons. The van der Waals surface area contributed by atoms with E-state index in [1.165, 1.54) is 11.8 Å². The van der Waals surface area contributed by atoms with Crippen molar-refractivity contribution >= 4 is 23.6 Å². The molecule has 1 N–H and O–H groups in total. The SMILES string of the molecule is CC(C)(C)c1cc(NC(=O)CSc2nnc(Cc3ccccc3)o2)on1. The molecule has 26 heavy (non-hydrogen) atoms. The number of nitrogens with one attached hydrogen (secondary N) is 1. The minimum absolute atomic E-state index is 0.137. The van der Waals surface area contributed by atoms with Crippen molar-refractivity contribution in [2.45, 2.75) is 37.8 Å². The third kappa shape index (κ3) is 4.95. The maximum absolute atomic E-state index is 12.0. The first-order valence-electron chi connectivity index (χ1n) is 8.16. The zero-order valence-electron chi connectivity index (χ0n) is 14.9.